The maximum absolute atomic E-state index is 11.7. The number of rotatable bonds is 7. The summed E-state index contributed by atoms with van der Waals surface area (Å²) in [5.74, 6) is 0.0708. The van der Waals surface area contributed by atoms with E-state index in [0.29, 0.717) is 11.4 Å². The largest absolute Gasteiger partial charge is 0.385 e. The van der Waals surface area contributed by atoms with Crippen molar-refractivity contribution in [2.75, 3.05) is 20.6 Å². The fourth-order valence-electron chi connectivity index (χ4n) is 3.28. The van der Waals surface area contributed by atoms with Gasteiger partial charge in [0.05, 0.1) is 5.60 Å². The van der Waals surface area contributed by atoms with E-state index < -0.39 is 5.60 Å². The molecule has 134 valence electrons. The molecule has 0 bridgehead atoms. The normalized spacial score (nSPS) is 15.9. The first-order chi connectivity index (χ1) is 11.8. The molecule has 1 N–H and O–H groups in total. The lowest BCUT2D eigenvalue weighted by atomic mass is 9.77. The molecule has 0 aromatic heterocycles. The van der Waals surface area contributed by atoms with Crippen molar-refractivity contribution in [1.29, 1.82) is 0 Å². The van der Waals surface area contributed by atoms with Gasteiger partial charge in [0.1, 0.15) is 0 Å². The molecule has 2 atom stereocenters. The van der Waals surface area contributed by atoms with Gasteiger partial charge in [0, 0.05) is 23.9 Å². The van der Waals surface area contributed by atoms with E-state index in [2.05, 4.69) is 30.0 Å². The molecule has 2 aromatic rings. The number of aliphatic hydroxyl groups is 1. The van der Waals surface area contributed by atoms with E-state index in [1.54, 1.807) is 0 Å². The molecule has 0 heterocycles. The first-order valence-electron chi connectivity index (χ1n) is 8.66. The Hall–Kier alpha value is -1.61. The Morgan fingerprint density at radius 2 is 1.84 bits per heavy atom. The standard InChI is InChI=1S/C22H28ClNO/c1-17(13-19-9-6-5-7-10-19)22(25,18(2)16-24(3)4)15-20-11-8-12-21(23)14-20/h5-14,18,25H,15-16H2,1-4H3/b17-13-. The van der Waals surface area contributed by atoms with Gasteiger partial charge in [-0.1, -0.05) is 67.1 Å². The lowest BCUT2D eigenvalue weighted by Crippen LogP contribution is -2.44. The molecule has 0 saturated heterocycles. The summed E-state index contributed by atoms with van der Waals surface area (Å²) in [5, 5.41) is 12.4. The van der Waals surface area contributed by atoms with E-state index in [1.807, 2.05) is 63.5 Å². The Labute approximate surface area is 156 Å². The zero-order valence-electron chi connectivity index (χ0n) is 15.5. The molecule has 0 aliphatic rings. The molecule has 2 unspecified atom stereocenters. The molecule has 0 saturated carbocycles. The molecule has 25 heavy (non-hydrogen) atoms. The van der Waals surface area contributed by atoms with Gasteiger partial charge in [-0.25, -0.2) is 0 Å². The van der Waals surface area contributed by atoms with Gasteiger partial charge in [0.15, 0.2) is 0 Å². The quantitative estimate of drug-likeness (QED) is 0.760. The Balaban J connectivity index is 2.38. The lowest BCUT2D eigenvalue weighted by molar-refractivity contribution is 0.0150. The fourth-order valence-corrected chi connectivity index (χ4v) is 3.50. The van der Waals surface area contributed by atoms with Gasteiger partial charge in [-0.15, -0.1) is 0 Å². The molecule has 0 aliphatic carbocycles. The van der Waals surface area contributed by atoms with Crippen molar-refractivity contribution < 1.29 is 5.11 Å². The minimum atomic E-state index is -0.940. The molecular weight excluding hydrogens is 330 g/mol. The molecule has 0 aliphatic heterocycles. The third-order valence-electron chi connectivity index (χ3n) is 4.68. The summed E-state index contributed by atoms with van der Waals surface area (Å²) in [6.07, 6.45) is 2.62. The molecule has 2 aromatic carbocycles. The third-order valence-corrected chi connectivity index (χ3v) is 4.92. The average molecular weight is 358 g/mol. The Morgan fingerprint density at radius 1 is 1.16 bits per heavy atom. The van der Waals surface area contributed by atoms with E-state index in [9.17, 15) is 5.11 Å². The monoisotopic (exact) mass is 357 g/mol. The SMILES string of the molecule is C/C(=C/c1ccccc1)C(O)(Cc1cccc(Cl)c1)C(C)CN(C)C. The summed E-state index contributed by atoms with van der Waals surface area (Å²) in [6, 6.07) is 17.9. The number of hydrogen-bond donors (Lipinski definition) is 1. The van der Waals surface area contributed by atoms with Gasteiger partial charge in [-0.2, -0.15) is 0 Å². The van der Waals surface area contributed by atoms with Crippen molar-refractivity contribution in [2.45, 2.75) is 25.9 Å². The predicted octanol–water partition coefficient (Wildman–Crippen LogP) is 4.91. The van der Waals surface area contributed by atoms with E-state index in [4.69, 9.17) is 11.6 Å². The van der Waals surface area contributed by atoms with Gasteiger partial charge >= 0.3 is 0 Å². The molecule has 2 nitrogen and oxygen atoms in total. The number of hydrogen-bond acceptors (Lipinski definition) is 2. The Morgan fingerprint density at radius 3 is 2.44 bits per heavy atom. The Bertz CT molecular complexity index is 711. The number of benzene rings is 2. The summed E-state index contributed by atoms with van der Waals surface area (Å²) in [6.45, 7) is 4.92. The van der Waals surface area contributed by atoms with Crippen molar-refractivity contribution in [3.63, 3.8) is 0 Å². The van der Waals surface area contributed by atoms with Gasteiger partial charge in [0.2, 0.25) is 0 Å². The van der Waals surface area contributed by atoms with E-state index in [-0.39, 0.29) is 5.92 Å². The van der Waals surface area contributed by atoms with Crippen LogP contribution >= 0.6 is 11.6 Å². The van der Waals surface area contributed by atoms with E-state index >= 15 is 0 Å². The van der Waals surface area contributed by atoms with Crippen molar-refractivity contribution in [3.05, 3.63) is 76.3 Å². The van der Waals surface area contributed by atoms with Crippen LogP contribution in [0.25, 0.3) is 6.08 Å². The summed E-state index contributed by atoms with van der Waals surface area (Å²) in [4.78, 5) is 2.11. The number of halogens is 1. The molecule has 0 radical (unpaired) electrons. The van der Waals surface area contributed by atoms with E-state index in [0.717, 1.165) is 23.2 Å². The lowest BCUT2D eigenvalue weighted by Gasteiger charge is -2.37. The van der Waals surface area contributed by atoms with E-state index in [1.165, 1.54) is 0 Å². The highest BCUT2D eigenvalue weighted by Crippen LogP contribution is 2.32. The third kappa shape index (κ3) is 5.43. The van der Waals surface area contributed by atoms with Crippen LogP contribution in [-0.4, -0.2) is 36.2 Å². The minimum absolute atomic E-state index is 0.0708. The molecule has 3 heteroatoms. The molecule has 0 fully saturated rings. The summed E-state index contributed by atoms with van der Waals surface area (Å²) in [7, 11) is 4.07. The van der Waals surface area contributed by atoms with Crippen LogP contribution in [0.4, 0.5) is 0 Å². The topological polar surface area (TPSA) is 23.5 Å². The van der Waals surface area contributed by atoms with Crippen molar-refractivity contribution >= 4 is 17.7 Å². The second-order valence-electron chi connectivity index (χ2n) is 7.13. The first-order valence-corrected chi connectivity index (χ1v) is 9.04. The zero-order valence-corrected chi connectivity index (χ0v) is 16.3. The highest BCUT2D eigenvalue weighted by atomic mass is 35.5. The van der Waals surface area contributed by atoms with Gasteiger partial charge < -0.3 is 10.0 Å². The van der Waals surface area contributed by atoms with Crippen LogP contribution in [0.2, 0.25) is 5.02 Å². The second kappa shape index (κ2) is 8.66. The van der Waals surface area contributed by atoms with Crippen LogP contribution in [0.15, 0.2) is 60.2 Å². The summed E-state index contributed by atoms with van der Waals surface area (Å²) in [5.41, 5.74) is 2.17. The summed E-state index contributed by atoms with van der Waals surface area (Å²) < 4.78 is 0. The number of nitrogens with zero attached hydrogens (tertiary/aromatic N) is 1. The van der Waals surface area contributed by atoms with Gasteiger partial charge in [-0.05, 0) is 49.9 Å². The van der Waals surface area contributed by atoms with Crippen molar-refractivity contribution in [1.82, 2.24) is 4.90 Å². The Kier molecular flexibility index (Phi) is 6.83. The van der Waals surface area contributed by atoms with Gasteiger partial charge in [0.25, 0.3) is 0 Å². The minimum Gasteiger partial charge on any atom is -0.385 e. The predicted molar refractivity (Wildman–Crippen MR) is 108 cm³/mol. The van der Waals surface area contributed by atoms with Crippen LogP contribution in [0.1, 0.15) is 25.0 Å². The first kappa shape index (κ1) is 19.7. The smallest absolute Gasteiger partial charge is 0.0935 e. The molecular formula is C22H28ClNO. The maximum Gasteiger partial charge on any atom is 0.0935 e. The van der Waals surface area contributed by atoms with Crippen LogP contribution < -0.4 is 0 Å². The van der Waals surface area contributed by atoms with Crippen LogP contribution in [0.5, 0.6) is 0 Å². The highest BCUT2D eigenvalue weighted by molar-refractivity contribution is 6.30. The van der Waals surface area contributed by atoms with Crippen LogP contribution in [0.3, 0.4) is 0 Å². The van der Waals surface area contributed by atoms with Crippen LogP contribution in [-0.2, 0) is 6.42 Å². The van der Waals surface area contributed by atoms with Crippen molar-refractivity contribution in [2.24, 2.45) is 5.92 Å². The van der Waals surface area contributed by atoms with Gasteiger partial charge in [-0.3, -0.25) is 0 Å². The fraction of sp³-hybridized carbons (Fsp3) is 0.364. The molecule has 2 rings (SSSR count). The zero-order chi connectivity index (χ0) is 18.4. The second-order valence-corrected chi connectivity index (χ2v) is 7.57. The average Bonchev–Trinajstić information content (AvgIpc) is 2.55. The summed E-state index contributed by atoms with van der Waals surface area (Å²) >= 11 is 6.14. The highest BCUT2D eigenvalue weighted by Gasteiger charge is 2.36. The molecule has 0 spiro atoms. The maximum atomic E-state index is 11.7. The van der Waals surface area contributed by atoms with Crippen molar-refractivity contribution in [3.8, 4) is 0 Å². The molecule has 0 amide bonds. The van der Waals surface area contributed by atoms with Crippen LogP contribution in [0, 0.1) is 5.92 Å².